The van der Waals surface area contributed by atoms with E-state index < -0.39 is 23.5 Å². The lowest BCUT2D eigenvalue weighted by Gasteiger charge is -2.28. The van der Waals surface area contributed by atoms with Gasteiger partial charge in [0.05, 0.1) is 29.2 Å². The molecule has 0 radical (unpaired) electrons. The van der Waals surface area contributed by atoms with Crippen LogP contribution in [0, 0.1) is 24.5 Å². The van der Waals surface area contributed by atoms with Crippen LogP contribution in [0.1, 0.15) is 54.2 Å². The molecule has 2 aromatic heterocycles. The number of aliphatic carboxylic acids is 1. The van der Waals surface area contributed by atoms with E-state index >= 15 is 0 Å². The number of pyridine rings is 1. The lowest BCUT2D eigenvalue weighted by atomic mass is 9.78. The number of ether oxygens (including phenoxy) is 1. The molecule has 37 heavy (non-hydrogen) atoms. The second kappa shape index (κ2) is 10.6. The highest BCUT2D eigenvalue weighted by molar-refractivity contribution is 9.10. The molecule has 0 saturated heterocycles. The first-order valence-corrected chi connectivity index (χ1v) is 13.0. The number of carboxylic acid groups (broad SMARTS) is 1. The maximum Gasteiger partial charge on any atom is 0.307 e. The van der Waals surface area contributed by atoms with E-state index in [9.17, 15) is 18.7 Å². The molecule has 5 rings (SSSR count). The molecule has 1 fully saturated rings. The Morgan fingerprint density at radius 3 is 2.59 bits per heavy atom. The van der Waals surface area contributed by atoms with Crippen LogP contribution in [0.15, 0.2) is 53.1 Å². The minimum Gasteiger partial charge on any atom is -0.487 e. The number of hydrogen-bond acceptors (Lipinski definition) is 4. The van der Waals surface area contributed by atoms with Crippen LogP contribution in [-0.2, 0) is 17.9 Å². The average molecular weight is 570 g/mol. The Labute approximate surface area is 221 Å². The highest BCUT2D eigenvalue weighted by Gasteiger charge is 2.35. The Morgan fingerprint density at radius 2 is 1.89 bits per heavy atom. The Kier molecular flexibility index (Phi) is 7.24. The van der Waals surface area contributed by atoms with E-state index in [1.165, 1.54) is 12.1 Å². The van der Waals surface area contributed by atoms with E-state index in [2.05, 4.69) is 20.9 Å². The van der Waals surface area contributed by atoms with Crippen molar-refractivity contribution in [3.8, 4) is 5.75 Å². The summed E-state index contributed by atoms with van der Waals surface area (Å²) in [5, 5.41) is 9.90. The van der Waals surface area contributed by atoms with Gasteiger partial charge in [0.15, 0.2) is 0 Å². The van der Waals surface area contributed by atoms with Crippen LogP contribution in [0.2, 0.25) is 0 Å². The van der Waals surface area contributed by atoms with Crippen LogP contribution in [0.5, 0.6) is 5.75 Å². The fraction of sp³-hybridized carbons (Fsp3) is 0.321. The zero-order valence-electron chi connectivity index (χ0n) is 20.3. The third kappa shape index (κ3) is 5.37. The molecule has 0 bridgehead atoms. The summed E-state index contributed by atoms with van der Waals surface area (Å²) in [6.45, 7) is 2.09. The van der Waals surface area contributed by atoms with E-state index in [0.717, 1.165) is 24.1 Å². The standard InChI is InChI=1S/C28H26BrF2N3O3/c1-16-6-7-18(32-13-16)15-37-19-8-9-25-26(12-19)34(14-22-23(30)10-17(29)11-24(22)31)27(33-25)20-4-2-3-5-21(20)28(35)36/h6-13,20-21H,2-5,14-15H2,1H3,(H,35,36)/t20-,21+/m1/s1. The van der Waals surface area contributed by atoms with Gasteiger partial charge in [-0.05, 0) is 55.7 Å². The predicted octanol–water partition coefficient (Wildman–Crippen LogP) is 6.77. The van der Waals surface area contributed by atoms with Crippen LogP contribution < -0.4 is 4.74 Å². The topological polar surface area (TPSA) is 77.2 Å². The molecule has 0 amide bonds. The van der Waals surface area contributed by atoms with Crippen molar-refractivity contribution in [3.63, 3.8) is 0 Å². The van der Waals surface area contributed by atoms with Crippen molar-refractivity contribution in [1.82, 2.24) is 14.5 Å². The molecule has 0 aliphatic heterocycles. The van der Waals surface area contributed by atoms with Crippen LogP contribution in [0.4, 0.5) is 8.78 Å². The maximum atomic E-state index is 14.9. The summed E-state index contributed by atoms with van der Waals surface area (Å²) in [4.78, 5) is 21.2. The maximum absolute atomic E-state index is 14.9. The van der Waals surface area contributed by atoms with Gasteiger partial charge in [-0.25, -0.2) is 13.8 Å². The number of carboxylic acids is 1. The first-order chi connectivity index (χ1) is 17.8. The highest BCUT2D eigenvalue weighted by atomic mass is 79.9. The molecule has 0 unspecified atom stereocenters. The summed E-state index contributed by atoms with van der Waals surface area (Å²) in [5.41, 5.74) is 2.95. The normalized spacial score (nSPS) is 17.7. The van der Waals surface area contributed by atoms with Crippen LogP contribution in [-0.4, -0.2) is 25.6 Å². The van der Waals surface area contributed by atoms with E-state index in [1.807, 2.05) is 19.1 Å². The Morgan fingerprint density at radius 1 is 1.14 bits per heavy atom. The molecule has 2 heterocycles. The fourth-order valence-electron chi connectivity index (χ4n) is 5.02. The fourth-order valence-corrected chi connectivity index (χ4v) is 5.42. The van der Waals surface area contributed by atoms with Crippen molar-refractivity contribution in [2.24, 2.45) is 5.92 Å². The van der Waals surface area contributed by atoms with Crippen molar-refractivity contribution in [3.05, 3.63) is 87.4 Å². The minimum atomic E-state index is -0.876. The molecule has 6 nitrogen and oxygen atoms in total. The van der Waals surface area contributed by atoms with E-state index in [4.69, 9.17) is 9.72 Å². The SMILES string of the molecule is Cc1ccc(COc2ccc3nc([C@@H]4CCCC[C@@H]4C(=O)O)n(Cc4c(F)cc(Br)cc4F)c3c2)nc1. The van der Waals surface area contributed by atoms with Crippen LogP contribution in [0.3, 0.4) is 0 Å². The van der Waals surface area contributed by atoms with Crippen molar-refractivity contribution >= 4 is 32.9 Å². The molecule has 2 aromatic carbocycles. The molecule has 1 N–H and O–H groups in total. The van der Waals surface area contributed by atoms with Gasteiger partial charge in [0, 0.05) is 28.2 Å². The number of nitrogens with zero attached hydrogens (tertiary/aromatic N) is 3. The number of carbonyl (C=O) groups is 1. The number of hydrogen-bond donors (Lipinski definition) is 1. The second-order valence-corrected chi connectivity index (χ2v) is 10.4. The van der Waals surface area contributed by atoms with Gasteiger partial charge in [-0.15, -0.1) is 0 Å². The van der Waals surface area contributed by atoms with E-state index in [1.54, 1.807) is 29.0 Å². The van der Waals surface area contributed by atoms with Gasteiger partial charge in [0.25, 0.3) is 0 Å². The van der Waals surface area contributed by atoms with E-state index in [0.29, 0.717) is 39.9 Å². The summed E-state index contributed by atoms with van der Waals surface area (Å²) >= 11 is 3.13. The minimum absolute atomic E-state index is 0.110. The number of aromatic nitrogens is 3. The highest BCUT2D eigenvalue weighted by Crippen LogP contribution is 2.40. The number of fused-ring (bicyclic) bond motifs is 1. The van der Waals surface area contributed by atoms with Gasteiger partial charge < -0.3 is 14.4 Å². The first kappa shape index (κ1) is 25.3. The van der Waals surface area contributed by atoms with E-state index in [-0.39, 0.29) is 24.6 Å². The Hall–Kier alpha value is -3.33. The van der Waals surface area contributed by atoms with Crippen molar-refractivity contribution in [2.75, 3.05) is 0 Å². The summed E-state index contributed by atoms with van der Waals surface area (Å²) in [5.74, 6) is -2.13. The number of benzene rings is 2. The molecular formula is C28H26BrF2N3O3. The molecular weight excluding hydrogens is 544 g/mol. The van der Waals surface area contributed by atoms with Crippen LogP contribution in [0.25, 0.3) is 11.0 Å². The zero-order valence-corrected chi connectivity index (χ0v) is 21.8. The van der Waals surface area contributed by atoms with Crippen molar-refractivity contribution < 1.29 is 23.4 Å². The van der Waals surface area contributed by atoms with Crippen LogP contribution >= 0.6 is 15.9 Å². The number of halogens is 3. The third-order valence-corrected chi connectivity index (χ3v) is 7.40. The number of imidazole rings is 1. The summed E-state index contributed by atoms with van der Waals surface area (Å²) in [6.07, 6.45) is 4.66. The summed E-state index contributed by atoms with van der Waals surface area (Å²) in [6, 6.07) is 11.7. The molecule has 4 aromatic rings. The molecule has 0 spiro atoms. The third-order valence-electron chi connectivity index (χ3n) is 6.95. The zero-order chi connectivity index (χ0) is 26.1. The number of aryl methyl sites for hydroxylation is 1. The molecule has 2 atom stereocenters. The quantitative estimate of drug-likeness (QED) is 0.266. The molecule has 192 valence electrons. The summed E-state index contributed by atoms with van der Waals surface area (Å²) < 4.78 is 37.8. The molecule has 1 aliphatic rings. The van der Waals surface area contributed by atoms with Gasteiger partial charge in [0.2, 0.25) is 0 Å². The van der Waals surface area contributed by atoms with Gasteiger partial charge in [-0.2, -0.15) is 0 Å². The Bertz CT molecular complexity index is 1430. The van der Waals surface area contributed by atoms with Gasteiger partial charge in [0.1, 0.15) is 29.8 Å². The number of rotatable bonds is 7. The van der Waals surface area contributed by atoms with Gasteiger partial charge >= 0.3 is 5.97 Å². The van der Waals surface area contributed by atoms with Crippen molar-refractivity contribution in [1.29, 1.82) is 0 Å². The largest absolute Gasteiger partial charge is 0.487 e. The first-order valence-electron chi connectivity index (χ1n) is 12.2. The molecule has 1 aliphatic carbocycles. The predicted molar refractivity (Wildman–Crippen MR) is 139 cm³/mol. The monoisotopic (exact) mass is 569 g/mol. The average Bonchev–Trinajstić information content (AvgIpc) is 3.23. The van der Waals surface area contributed by atoms with Crippen molar-refractivity contribution in [2.45, 2.75) is 51.7 Å². The molecule has 9 heteroatoms. The van der Waals surface area contributed by atoms with Gasteiger partial charge in [-0.1, -0.05) is 34.8 Å². The molecule has 1 saturated carbocycles. The van der Waals surface area contributed by atoms with Gasteiger partial charge in [-0.3, -0.25) is 9.78 Å². The second-order valence-electron chi connectivity index (χ2n) is 9.51. The lowest BCUT2D eigenvalue weighted by Crippen LogP contribution is -2.28. The smallest absolute Gasteiger partial charge is 0.307 e. The summed E-state index contributed by atoms with van der Waals surface area (Å²) in [7, 11) is 0. The lowest BCUT2D eigenvalue weighted by molar-refractivity contribution is -0.143. The Balaban J connectivity index is 1.57.